The molecular formula is C20H30N2O4. The standard InChI is InChI=1S/C20H30N2O4/c1-3-4-5-7-10-16(20(25)26)13-15(2)19(24)21-14-18(23)22-17-11-8-6-9-12-17/h6,8-9,11-12,15-16H,3-5,7,10,13-14H2,1-2H3,(H,21,24)(H,22,23)(H,25,26). The van der Waals surface area contributed by atoms with Gasteiger partial charge in [-0.05, 0) is 25.0 Å². The molecule has 0 bridgehead atoms. The molecular weight excluding hydrogens is 332 g/mol. The number of benzene rings is 1. The Morgan fingerprint density at radius 3 is 2.38 bits per heavy atom. The molecule has 0 aliphatic heterocycles. The lowest BCUT2D eigenvalue weighted by Gasteiger charge is -2.17. The second-order valence-corrected chi connectivity index (χ2v) is 6.65. The summed E-state index contributed by atoms with van der Waals surface area (Å²) in [5.41, 5.74) is 0.665. The SMILES string of the molecule is CCCCCCC(CC(C)C(=O)NCC(=O)Nc1ccccc1)C(=O)O. The van der Waals surface area contributed by atoms with E-state index in [4.69, 9.17) is 0 Å². The van der Waals surface area contributed by atoms with Crippen molar-refractivity contribution in [3.63, 3.8) is 0 Å². The lowest BCUT2D eigenvalue weighted by atomic mass is 9.90. The Morgan fingerprint density at radius 2 is 1.77 bits per heavy atom. The second-order valence-electron chi connectivity index (χ2n) is 6.65. The van der Waals surface area contributed by atoms with E-state index in [0.717, 1.165) is 25.7 Å². The van der Waals surface area contributed by atoms with Crippen LogP contribution in [0.1, 0.15) is 52.4 Å². The fourth-order valence-corrected chi connectivity index (χ4v) is 2.76. The van der Waals surface area contributed by atoms with Gasteiger partial charge >= 0.3 is 5.97 Å². The van der Waals surface area contributed by atoms with Gasteiger partial charge in [0, 0.05) is 11.6 Å². The molecule has 0 aromatic heterocycles. The van der Waals surface area contributed by atoms with Gasteiger partial charge in [0.05, 0.1) is 12.5 Å². The molecule has 1 aromatic rings. The minimum Gasteiger partial charge on any atom is -0.481 e. The fraction of sp³-hybridized carbons (Fsp3) is 0.550. The summed E-state index contributed by atoms with van der Waals surface area (Å²) in [6.07, 6.45) is 4.94. The van der Waals surface area contributed by atoms with Crippen LogP contribution < -0.4 is 10.6 Å². The summed E-state index contributed by atoms with van der Waals surface area (Å²) in [6.45, 7) is 3.67. The molecule has 26 heavy (non-hydrogen) atoms. The van der Waals surface area contributed by atoms with Gasteiger partial charge in [-0.2, -0.15) is 0 Å². The first-order valence-electron chi connectivity index (χ1n) is 9.29. The van der Waals surface area contributed by atoms with Crippen LogP contribution in [0.5, 0.6) is 0 Å². The van der Waals surface area contributed by atoms with Gasteiger partial charge in [-0.1, -0.05) is 57.7 Å². The molecule has 6 heteroatoms. The van der Waals surface area contributed by atoms with Crippen molar-refractivity contribution in [3.8, 4) is 0 Å². The lowest BCUT2D eigenvalue weighted by molar-refractivity contribution is -0.143. The fourth-order valence-electron chi connectivity index (χ4n) is 2.76. The summed E-state index contributed by atoms with van der Waals surface area (Å²) >= 11 is 0. The van der Waals surface area contributed by atoms with Crippen LogP contribution in [0.2, 0.25) is 0 Å². The van der Waals surface area contributed by atoms with E-state index in [1.54, 1.807) is 19.1 Å². The zero-order valence-electron chi connectivity index (χ0n) is 15.7. The number of anilines is 1. The van der Waals surface area contributed by atoms with Gasteiger partial charge in [0.15, 0.2) is 0 Å². The zero-order valence-corrected chi connectivity index (χ0v) is 15.7. The molecule has 0 saturated heterocycles. The number of hydrogen-bond donors (Lipinski definition) is 3. The maximum Gasteiger partial charge on any atom is 0.306 e. The third-order valence-electron chi connectivity index (χ3n) is 4.32. The molecule has 6 nitrogen and oxygen atoms in total. The molecule has 0 heterocycles. The van der Waals surface area contributed by atoms with Crippen molar-refractivity contribution >= 4 is 23.5 Å². The largest absolute Gasteiger partial charge is 0.481 e. The van der Waals surface area contributed by atoms with Gasteiger partial charge in [0.2, 0.25) is 11.8 Å². The highest BCUT2D eigenvalue weighted by atomic mass is 16.4. The molecule has 2 amide bonds. The molecule has 0 radical (unpaired) electrons. The molecule has 2 unspecified atom stereocenters. The summed E-state index contributed by atoms with van der Waals surface area (Å²) in [6, 6.07) is 8.99. The molecule has 2 atom stereocenters. The van der Waals surface area contributed by atoms with E-state index in [1.807, 2.05) is 18.2 Å². The first-order valence-corrected chi connectivity index (χ1v) is 9.29. The van der Waals surface area contributed by atoms with Gasteiger partial charge < -0.3 is 15.7 Å². The highest BCUT2D eigenvalue weighted by Crippen LogP contribution is 2.20. The Kier molecular flexibility index (Phi) is 10.1. The number of aliphatic carboxylic acids is 1. The predicted octanol–water partition coefficient (Wildman–Crippen LogP) is 3.44. The van der Waals surface area contributed by atoms with Gasteiger partial charge in [0.1, 0.15) is 0 Å². The van der Waals surface area contributed by atoms with Crippen molar-refractivity contribution < 1.29 is 19.5 Å². The molecule has 3 N–H and O–H groups in total. The van der Waals surface area contributed by atoms with Crippen LogP contribution in [0.3, 0.4) is 0 Å². The van der Waals surface area contributed by atoms with Crippen LogP contribution in [-0.4, -0.2) is 29.4 Å². The maximum atomic E-state index is 12.2. The van der Waals surface area contributed by atoms with Crippen molar-refractivity contribution in [2.45, 2.75) is 52.4 Å². The van der Waals surface area contributed by atoms with E-state index in [2.05, 4.69) is 17.6 Å². The van der Waals surface area contributed by atoms with E-state index >= 15 is 0 Å². The Morgan fingerprint density at radius 1 is 1.08 bits per heavy atom. The van der Waals surface area contributed by atoms with E-state index in [0.29, 0.717) is 12.1 Å². The number of rotatable bonds is 12. The molecule has 0 aliphatic carbocycles. The molecule has 0 fully saturated rings. The zero-order chi connectivity index (χ0) is 19.4. The molecule has 1 rings (SSSR count). The number of nitrogens with one attached hydrogen (secondary N) is 2. The summed E-state index contributed by atoms with van der Waals surface area (Å²) in [4.78, 5) is 35.4. The molecule has 144 valence electrons. The Bertz CT molecular complexity index is 574. The van der Waals surface area contributed by atoms with Gasteiger partial charge in [-0.25, -0.2) is 0 Å². The smallest absolute Gasteiger partial charge is 0.306 e. The predicted molar refractivity (Wildman–Crippen MR) is 102 cm³/mol. The van der Waals surface area contributed by atoms with Crippen LogP contribution in [0, 0.1) is 11.8 Å². The Hall–Kier alpha value is -2.37. The van der Waals surface area contributed by atoms with Crippen molar-refractivity contribution in [2.75, 3.05) is 11.9 Å². The summed E-state index contributed by atoms with van der Waals surface area (Å²) < 4.78 is 0. The lowest BCUT2D eigenvalue weighted by Crippen LogP contribution is -2.37. The second kappa shape index (κ2) is 12.1. The third-order valence-corrected chi connectivity index (χ3v) is 4.32. The van der Waals surface area contributed by atoms with Crippen molar-refractivity contribution in [2.24, 2.45) is 11.8 Å². The van der Waals surface area contributed by atoms with Crippen LogP contribution in [0.15, 0.2) is 30.3 Å². The number of hydrogen-bond acceptors (Lipinski definition) is 3. The van der Waals surface area contributed by atoms with Crippen molar-refractivity contribution in [1.82, 2.24) is 5.32 Å². The van der Waals surface area contributed by atoms with E-state index in [9.17, 15) is 19.5 Å². The van der Waals surface area contributed by atoms with Crippen LogP contribution in [0.25, 0.3) is 0 Å². The highest BCUT2D eigenvalue weighted by molar-refractivity contribution is 5.94. The number of carbonyl (C=O) groups is 3. The highest BCUT2D eigenvalue weighted by Gasteiger charge is 2.24. The number of carboxylic acids is 1. The number of carbonyl (C=O) groups excluding carboxylic acids is 2. The number of para-hydroxylation sites is 1. The van der Waals surface area contributed by atoms with Crippen molar-refractivity contribution in [3.05, 3.63) is 30.3 Å². The number of carboxylic acid groups (broad SMARTS) is 1. The van der Waals surface area contributed by atoms with Gasteiger partial charge in [-0.3, -0.25) is 14.4 Å². The average molecular weight is 362 g/mol. The molecule has 0 aliphatic rings. The van der Waals surface area contributed by atoms with Crippen LogP contribution in [-0.2, 0) is 14.4 Å². The van der Waals surface area contributed by atoms with E-state index in [-0.39, 0.29) is 24.8 Å². The third kappa shape index (κ3) is 8.65. The van der Waals surface area contributed by atoms with Crippen LogP contribution >= 0.6 is 0 Å². The van der Waals surface area contributed by atoms with E-state index < -0.39 is 17.8 Å². The molecule has 0 saturated carbocycles. The van der Waals surface area contributed by atoms with Crippen molar-refractivity contribution in [1.29, 1.82) is 0 Å². The Balaban J connectivity index is 2.37. The van der Waals surface area contributed by atoms with Crippen LogP contribution in [0.4, 0.5) is 5.69 Å². The minimum absolute atomic E-state index is 0.133. The summed E-state index contributed by atoms with van der Waals surface area (Å²) in [5, 5.41) is 14.6. The summed E-state index contributed by atoms with van der Waals surface area (Å²) in [7, 11) is 0. The monoisotopic (exact) mass is 362 g/mol. The first-order chi connectivity index (χ1) is 12.4. The molecule has 0 spiro atoms. The normalized spacial score (nSPS) is 12.8. The Labute approximate surface area is 155 Å². The number of amides is 2. The van der Waals surface area contributed by atoms with Gasteiger partial charge in [-0.15, -0.1) is 0 Å². The first kappa shape index (κ1) is 21.7. The topological polar surface area (TPSA) is 95.5 Å². The molecule has 1 aromatic carbocycles. The number of unbranched alkanes of at least 4 members (excludes halogenated alkanes) is 3. The van der Waals surface area contributed by atoms with Gasteiger partial charge in [0.25, 0.3) is 0 Å². The quantitative estimate of drug-likeness (QED) is 0.496. The maximum absolute atomic E-state index is 12.2. The average Bonchev–Trinajstić information content (AvgIpc) is 2.62. The minimum atomic E-state index is -0.858. The van der Waals surface area contributed by atoms with E-state index in [1.165, 1.54) is 0 Å². The summed E-state index contributed by atoms with van der Waals surface area (Å²) in [5.74, 6) is -2.44.